The van der Waals surface area contributed by atoms with Crippen LogP contribution in [-0.2, 0) is 13.0 Å². The first-order chi connectivity index (χ1) is 23.2. The van der Waals surface area contributed by atoms with Crippen LogP contribution in [0.25, 0.3) is 0 Å². The first kappa shape index (κ1) is 36.0. The van der Waals surface area contributed by atoms with Gasteiger partial charge in [0.25, 0.3) is 11.8 Å². The number of benzene rings is 4. The van der Waals surface area contributed by atoms with Crippen LogP contribution in [0.4, 0.5) is 8.78 Å². The van der Waals surface area contributed by atoms with E-state index in [1.54, 1.807) is 30.2 Å². The highest BCUT2D eigenvalue weighted by molar-refractivity contribution is 6.00. The van der Waals surface area contributed by atoms with Gasteiger partial charge in [-0.1, -0.05) is 44.2 Å². The molecular formula is C38H43F2N3O5. The molecule has 0 saturated heterocycles. The molecule has 0 bridgehead atoms. The minimum absolute atomic E-state index is 0.0594. The second-order valence-electron chi connectivity index (χ2n) is 11.6. The highest BCUT2D eigenvalue weighted by Gasteiger charge is 2.25. The lowest BCUT2D eigenvalue weighted by atomic mass is 9.99. The standard InChI is InChI=1S/C38H43F2N3O5/c1-4-14-43(15-5-2)38(46)29-20-28(21-34(22-29)48-32-11-7-6-8-12-32)37(45)42-35(19-27-16-30(39)23-31(40)17-27)36(44)25-41-24-26-10-9-13-33(18-26)47-3/h6-13,16-18,20-23,35-36,41,44H,4-5,14-15,19,24-25H2,1-3H3,(H,42,45)/t35-,36+/m0/s1. The molecule has 0 fully saturated rings. The Morgan fingerprint density at radius 3 is 2.12 bits per heavy atom. The van der Waals surface area contributed by atoms with Gasteiger partial charge in [0.1, 0.15) is 28.9 Å². The van der Waals surface area contributed by atoms with Crippen LogP contribution < -0.4 is 20.1 Å². The van der Waals surface area contributed by atoms with E-state index in [1.165, 1.54) is 24.3 Å². The molecule has 3 N–H and O–H groups in total. The molecule has 4 aromatic carbocycles. The van der Waals surface area contributed by atoms with Gasteiger partial charge in [-0.05, 0) is 85.0 Å². The van der Waals surface area contributed by atoms with Gasteiger partial charge in [-0.15, -0.1) is 0 Å². The van der Waals surface area contributed by atoms with Crippen molar-refractivity contribution in [2.45, 2.75) is 51.8 Å². The van der Waals surface area contributed by atoms with E-state index in [2.05, 4.69) is 10.6 Å². The van der Waals surface area contributed by atoms with E-state index in [0.717, 1.165) is 24.5 Å². The molecule has 0 saturated carbocycles. The zero-order valence-corrected chi connectivity index (χ0v) is 27.5. The summed E-state index contributed by atoms with van der Waals surface area (Å²) in [6, 6.07) is 23.2. The summed E-state index contributed by atoms with van der Waals surface area (Å²) in [6.07, 6.45) is 0.326. The minimum atomic E-state index is -1.15. The molecule has 2 amide bonds. The molecule has 0 aromatic heterocycles. The Balaban J connectivity index is 1.61. The van der Waals surface area contributed by atoms with Gasteiger partial charge < -0.3 is 30.1 Å². The number of para-hydroxylation sites is 1. The van der Waals surface area contributed by atoms with Gasteiger partial charge in [-0.3, -0.25) is 9.59 Å². The van der Waals surface area contributed by atoms with Crippen molar-refractivity contribution >= 4 is 11.8 Å². The van der Waals surface area contributed by atoms with Gasteiger partial charge in [-0.2, -0.15) is 0 Å². The Morgan fingerprint density at radius 1 is 0.792 bits per heavy atom. The maximum Gasteiger partial charge on any atom is 0.254 e. The molecule has 4 aromatic rings. The van der Waals surface area contributed by atoms with Crippen LogP contribution in [0.15, 0.2) is 91.0 Å². The fraction of sp³-hybridized carbons (Fsp3) is 0.316. The van der Waals surface area contributed by atoms with E-state index in [0.29, 0.717) is 31.1 Å². The SMILES string of the molecule is CCCN(CCC)C(=O)c1cc(Oc2ccccc2)cc(C(=O)N[C@@H](Cc2cc(F)cc(F)c2)[C@H](O)CNCc2cccc(OC)c2)c1. The average molecular weight is 660 g/mol. The highest BCUT2D eigenvalue weighted by Crippen LogP contribution is 2.25. The smallest absolute Gasteiger partial charge is 0.254 e. The second-order valence-corrected chi connectivity index (χ2v) is 11.6. The summed E-state index contributed by atoms with van der Waals surface area (Å²) in [6.45, 7) is 5.55. The van der Waals surface area contributed by atoms with E-state index in [-0.39, 0.29) is 41.3 Å². The number of hydrogen-bond acceptors (Lipinski definition) is 6. The van der Waals surface area contributed by atoms with Gasteiger partial charge in [0.15, 0.2) is 0 Å². The summed E-state index contributed by atoms with van der Waals surface area (Å²) in [5, 5.41) is 17.3. The number of halogens is 2. The third-order valence-corrected chi connectivity index (χ3v) is 7.64. The Labute approximate surface area is 280 Å². The molecular weight excluding hydrogens is 616 g/mol. The number of aliphatic hydroxyl groups is 1. The first-order valence-electron chi connectivity index (χ1n) is 16.1. The Morgan fingerprint density at radius 2 is 1.46 bits per heavy atom. The second kappa shape index (κ2) is 17.9. The minimum Gasteiger partial charge on any atom is -0.497 e. The number of carbonyl (C=O) groups excluding carboxylic acids is 2. The summed E-state index contributed by atoms with van der Waals surface area (Å²) < 4.78 is 39.5. The lowest BCUT2D eigenvalue weighted by Gasteiger charge is -2.26. The van der Waals surface area contributed by atoms with E-state index >= 15 is 0 Å². The largest absolute Gasteiger partial charge is 0.497 e. The van der Waals surface area contributed by atoms with Gasteiger partial charge in [0.2, 0.25) is 0 Å². The molecule has 0 aliphatic heterocycles. The normalized spacial score (nSPS) is 12.2. The van der Waals surface area contributed by atoms with E-state index in [9.17, 15) is 23.5 Å². The third kappa shape index (κ3) is 10.6. The van der Waals surface area contributed by atoms with Gasteiger partial charge >= 0.3 is 0 Å². The topological polar surface area (TPSA) is 100 Å². The van der Waals surface area contributed by atoms with Crippen LogP contribution >= 0.6 is 0 Å². The molecule has 0 aliphatic carbocycles. The van der Waals surface area contributed by atoms with Crippen LogP contribution in [0.2, 0.25) is 0 Å². The molecule has 0 radical (unpaired) electrons. The Hall–Kier alpha value is -4.80. The number of aliphatic hydroxyl groups excluding tert-OH is 1. The monoisotopic (exact) mass is 659 g/mol. The molecule has 10 heteroatoms. The molecule has 2 atom stereocenters. The van der Waals surface area contributed by atoms with Gasteiger partial charge in [0.05, 0.1) is 19.3 Å². The number of nitrogens with one attached hydrogen (secondary N) is 2. The highest BCUT2D eigenvalue weighted by atomic mass is 19.1. The van der Waals surface area contributed by atoms with Crippen molar-refractivity contribution in [1.82, 2.24) is 15.5 Å². The molecule has 8 nitrogen and oxygen atoms in total. The fourth-order valence-corrected chi connectivity index (χ4v) is 5.38. The zero-order chi connectivity index (χ0) is 34.5. The number of amides is 2. The fourth-order valence-electron chi connectivity index (χ4n) is 5.38. The van der Waals surface area contributed by atoms with Crippen molar-refractivity contribution in [2.24, 2.45) is 0 Å². The molecule has 0 aliphatic rings. The van der Waals surface area contributed by atoms with E-state index in [4.69, 9.17) is 9.47 Å². The summed E-state index contributed by atoms with van der Waals surface area (Å²) in [7, 11) is 1.58. The maximum absolute atomic E-state index is 14.1. The Kier molecular flexibility index (Phi) is 13.5. The van der Waals surface area contributed by atoms with Gasteiger partial charge in [0, 0.05) is 43.4 Å². The van der Waals surface area contributed by atoms with Crippen LogP contribution in [0.5, 0.6) is 17.2 Å². The van der Waals surface area contributed by atoms with Crippen molar-refractivity contribution < 1.29 is 33.0 Å². The zero-order valence-electron chi connectivity index (χ0n) is 27.5. The number of methoxy groups -OCH3 is 1. The summed E-state index contributed by atoms with van der Waals surface area (Å²) >= 11 is 0. The van der Waals surface area contributed by atoms with Crippen LogP contribution in [-0.4, -0.2) is 60.7 Å². The average Bonchev–Trinajstić information content (AvgIpc) is 3.07. The predicted molar refractivity (Wildman–Crippen MR) is 181 cm³/mol. The van der Waals surface area contributed by atoms with E-state index < -0.39 is 29.7 Å². The van der Waals surface area contributed by atoms with Crippen LogP contribution in [0.3, 0.4) is 0 Å². The number of hydrogen-bond donors (Lipinski definition) is 3. The van der Waals surface area contributed by atoms with Crippen LogP contribution in [0.1, 0.15) is 58.5 Å². The molecule has 254 valence electrons. The number of ether oxygens (including phenoxy) is 2. The van der Waals surface area contributed by atoms with Crippen molar-refractivity contribution in [2.75, 3.05) is 26.7 Å². The quantitative estimate of drug-likeness (QED) is 0.119. The Bertz CT molecular complexity index is 1630. The lowest BCUT2D eigenvalue weighted by molar-refractivity contribution is 0.0755. The lowest BCUT2D eigenvalue weighted by Crippen LogP contribution is -2.48. The van der Waals surface area contributed by atoms with Crippen molar-refractivity contribution in [3.05, 3.63) is 125 Å². The third-order valence-electron chi connectivity index (χ3n) is 7.64. The van der Waals surface area contributed by atoms with Crippen molar-refractivity contribution in [3.8, 4) is 17.2 Å². The number of carbonyl (C=O) groups is 2. The molecule has 4 rings (SSSR count). The number of rotatable bonds is 17. The molecule has 0 heterocycles. The van der Waals surface area contributed by atoms with Crippen molar-refractivity contribution in [1.29, 1.82) is 0 Å². The maximum atomic E-state index is 14.1. The first-order valence-corrected chi connectivity index (χ1v) is 16.1. The summed E-state index contributed by atoms with van der Waals surface area (Å²) in [5.41, 5.74) is 1.59. The van der Waals surface area contributed by atoms with E-state index in [1.807, 2.05) is 56.3 Å². The predicted octanol–water partition coefficient (Wildman–Crippen LogP) is 6.52. The molecule has 0 spiro atoms. The summed E-state index contributed by atoms with van der Waals surface area (Å²) in [5.74, 6) is -0.854. The number of nitrogens with zero attached hydrogens (tertiary/aromatic N) is 1. The molecule has 48 heavy (non-hydrogen) atoms. The summed E-state index contributed by atoms with van der Waals surface area (Å²) in [4.78, 5) is 29.2. The molecule has 0 unspecified atom stereocenters. The van der Waals surface area contributed by atoms with Crippen molar-refractivity contribution in [3.63, 3.8) is 0 Å². The van der Waals surface area contributed by atoms with Crippen LogP contribution in [0, 0.1) is 11.6 Å². The van der Waals surface area contributed by atoms with Gasteiger partial charge in [-0.25, -0.2) is 8.78 Å².